The van der Waals surface area contributed by atoms with E-state index >= 15 is 0 Å². The van der Waals surface area contributed by atoms with Crippen molar-refractivity contribution < 1.29 is 24.5 Å². The molecule has 0 amide bonds. The summed E-state index contributed by atoms with van der Waals surface area (Å²) < 4.78 is 13.4. The van der Waals surface area contributed by atoms with E-state index in [0.717, 1.165) is 22.3 Å². The molecule has 16 nitrogen and oxygen atoms in total. The van der Waals surface area contributed by atoms with Gasteiger partial charge in [-0.05, 0) is 69.8 Å². The first-order chi connectivity index (χ1) is 27.4. The molecule has 6 aromatic carbocycles. The molecule has 0 unspecified atom stereocenters. The highest BCUT2D eigenvalue weighted by molar-refractivity contribution is 6.03. The maximum Gasteiger partial charge on any atom is 0.598 e. The molecule has 0 fully saturated rings. The zero-order chi connectivity index (χ0) is 38.4. The Balaban J connectivity index is 1.47. The highest BCUT2D eigenvalue weighted by atomic mass is 16.6. The molecule has 0 bridgehead atoms. The second-order valence-electron chi connectivity index (χ2n) is 12.2. The van der Waals surface area contributed by atoms with Crippen LogP contribution in [0.25, 0.3) is 55.6 Å². The molecule has 2 aliphatic heterocycles. The Bertz CT molecular complexity index is 2340. The van der Waals surface area contributed by atoms with Gasteiger partial charge in [-0.25, -0.2) is 5.21 Å². The average Bonchev–Trinajstić information content (AvgIpc) is 3.98. The average molecular weight is 744 g/mol. The van der Waals surface area contributed by atoms with Gasteiger partial charge in [-0.15, -0.1) is 0 Å². The Hall–Kier alpha value is -8.32. The van der Waals surface area contributed by atoms with Crippen molar-refractivity contribution in [2.45, 2.75) is 0 Å². The van der Waals surface area contributed by atoms with Gasteiger partial charge in [0.25, 0.3) is 10.6 Å². The van der Waals surface area contributed by atoms with E-state index in [1.165, 1.54) is 34.5 Å². The SMILES string of the molecule is O=[N+]([O-])c1ccc(-c2ccc(-c3ccccc3)c(-c3c(-c4ccccc4)ccc(-c4ccc([N+](=O)O)cc4)c3OCN3N=[C+]N=N3)c2OCN2N=[C+]N=N2)cc1. The van der Waals surface area contributed by atoms with Crippen LogP contribution >= 0.6 is 0 Å². The lowest BCUT2D eigenvalue weighted by Gasteiger charge is -2.26. The van der Waals surface area contributed by atoms with Crippen LogP contribution < -0.4 is 9.47 Å². The molecule has 8 rings (SSSR count). The van der Waals surface area contributed by atoms with Crippen LogP contribution in [-0.2, 0) is 0 Å². The topological polar surface area (TPSA) is 183 Å². The lowest BCUT2D eigenvalue weighted by Crippen LogP contribution is -2.17. The lowest BCUT2D eigenvalue weighted by atomic mass is 9.84. The van der Waals surface area contributed by atoms with Gasteiger partial charge in [-0.2, -0.15) is 0 Å². The van der Waals surface area contributed by atoms with Crippen molar-refractivity contribution >= 4 is 24.1 Å². The van der Waals surface area contributed by atoms with E-state index in [2.05, 4.69) is 43.6 Å². The number of rotatable bonds is 13. The summed E-state index contributed by atoms with van der Waals surface area (Å²) in [5, 5.41) is 47.2. The first-order valence-electron chi connectivity index (χ1n) is 16.9. The molecule has 0 atom stereocenters. The van der Waals surface area contributed by atoms with E-state index in [4.69, 9.17) is 9.47 Å². The standard InChI is InChI=1S/C40H27N10O6/c51-49(52)31-15-11-29(12-16-31)35-21-19-33(27-7-3-1-4-8-27)37(39(35)55-25-47-43-23-41-45-47)38-34(28-9-5-2-6-10-28)20-22-36(30-13-17-32(18-14-30)50(53)54)40(38)56-26-48-44-24-42-46-48/h1-22H,25-26H2,(H,51,52)/q+3. The molecular formula is C40H27N10O6+3. The highest BCUT2D eigenvalue weighted by Crippen LogP contribution is 2.54. The van der Waals surface area contributed by atoms with Gasteiger partial charge in [0.2, 0.25) is 13.5 Å². The fourth-order valence-corrected chi connectivity index (χ4v) is 6.34. The van der Waals surface area contributed by atoms with Crippen molar-refractivity contribution in [3.63, 3.8) is 0 Å². The summed E-state index contributed by atoms with van der Waals surface area (Å²) in [5.74, 6) is 0.760. The van der Waals surface area contributed by atoms with Crippen molar-refractivity contribution in [1.29, 1.82) is 0 Å². The molecule has 0 aliphatic carbocycles. The van der Waals surface area contributed by atoms with Crippen LogP contribution in [0.15, 0.2) is 164 Å². The Kier molecular flexibility index (Phi) is 9.52. The first kappa shape index (κ1) is 34.7. The molecule has 0 spiro atoms. The molecule has 270 valence electrons. The molecule has 56 heavy (non-hydrogen) atoms. The van der Waals surface area contributed by atoms with E-state index in [1.54, 1.807) is 24.3 Å². The minimum atomic E-state index is -0.456. The minimum Gasteiger partial charge on any atom is -0.468 e. The third kappa shape index (κ3) is 7.06. The van der Waals surface area contributed by atoms with Crippen molar-refractivity contribution in [3.8, 4) is 67.1 Å². The minimum absolute atomic E-state index is 0.0384. The summed E-state index contributed by atoms with van der Waals surface area (Å²) in [6.45, 7) is -0.347. The molecule has 16 heteroatoms. The van der Waals surface area contributed by atoms with Gasteiger partial charge in [0, 0.05) is 57.0 Å². The molecule has 0 radical (unpaired) electrons. The molecular weight excluding hydrogens is 717 g/mol. The summed E-state index contributed by atoms with van der Waals surface area (Å²) >= 11 is 0. The number of benzene rings is 6. The maximum absolute atomic E-state index is 11.8. The second kappa shape index (κ2) is 15.3. The van der Waals surface area contributed by atoms with E-state index in [-0.39, 0.29) is 29.8 Å². The monoisotopic (exact) mass is 743 g/mol. The number of ether oxygens (including phenoxy) is 2. The number of nitro groups is 1. The molecule has 6 aromatic rings. The lowest BCUT2D eigenvalue weighted by molar-refractivity contribution is -0.729. The summed E-state index contributed by atoms with van der Waals surface area (Å²) in [7, 11) is 0. The number of hydrogen-bond acceptors (Lipinski definition) is 13. The van der Waals surface area contributed by atoms with Gasteiger partial charge in [0.05, 0.1) is 9.83 Å². The van der Waals surface area contributed by atoms with Gasteiger partial charge in [-0.1, -0.05) is 83.0 Å². The van der Waals surface area contributed by atoms with Gasteiger partial charge in [0.1, 0.15) is 21.7 Å². The summed E-state index contributed by atoms with van der Waals surface area (Å²) in [5.41, 5.74) is 6.89. The van der Waals surface area contributed by atoms with Gasteiger partial charge < -0.3 is 9.47 Å². The summed E-state index contributed by atoms with van der Waals surface area (Å²) in [6.07, 6.45) is 4.90. The first-order valence-corrected chi connectivity index (χ1v) is 16.9. The largest absolute Gasteiger partial charge is 0.598 e. The predicted molar refractivity (Wildman–Crippen MR) is 205 cm³/mol. The number of non-ortho nitro benzene ring substituents is 1. The summed E-state index contributed by atoms with van der Waals surface area (Å²) in [4.78, 5) is 22.7. The van der Waals surface area contributed by atoms with Crippen molar-refractivity contribution in [1.82, 2.24) is 10.2 Å². The van der Waals surface area contributed by atoms with E-state index < -0.39 is 4.92 Å². The van der Waals surface area contributed by atoms with Crippen LogP contribution in [0.4, 0.5) is 11.4 Å². The van der Waals surface area contributed by atoms with Crippen LogP contribution in [-0.4, -0.2) is 51.4 Å². The van der Waals surface area contributed by atoms with Gasteiger partial charge in [0.15, 0.2) is 10.2 Å². The number of nitro benzene ring substituents is 1. The molecule has 0 saturated heterocycles. The van der Waals surface area contributed by atoms with Crippen LogP contribution in [0.2, 0.25) is 0 Å². The van der Waals surface area contributed by atoms with E-state index in [0.29, 0.717) is 44.9 Å². The molecule has 0 saturated carbocycles. The zero-order valence-electron chi connectivity index (χ0n) is 29.1. The third-order valence-electron chi connectivity index (χ3n) is 8.88. The third-order valence-corrected chi connectivity index (χ3v) is 8.88. The predicted octanol–water partition coefficient (Wildman–Crippen LogP) is 9.41. The Morgan fingerprint density at radius 2 is 0.929 bits per heavy atom. The maximum atomic E-state index is 11.8. The fraction of sp³-hybridized carbons (Fsp3) is 0.0500. The fourth-order valence-electron chi connectivity index (χ4n) is 6.34. The van der Waals surface area contributed by atoms with Crippen molar-refractivity contribution in [2.75, 3.05) is 13.5 Å². The Labute approximate surface area is 318 Å². The van der Waals surface area contributed by atoms with Crippen molar-refractivity contribution in [3.05, 3.63) is 148 Å². The van der Waals surface area contributed by atoms with Crippen LogP contribution in [0, 0.1) is 15.0 Å². The van der Waals surface area contributed by atoms with E-state index in [9.17, 15) is 20.2 Å². The Morgan fingerprint density at radius 1 is 0.536 bits per heavy atom. The zero-order valence-corrected chi connectivity index (χ0v) is 29.1. The second-order valence-corrected chi connectivity index (χ2v) is 12.2. The molecule has 2 heterocycles. The quantitative estimate of drug-likeness (QED) is 0.0689. The van der Waals surface area contributed by atoms with Gasteiger partial charge in [-0.3, -0.25) is 10.1 Å². The normalized spacial score (nSPS) is 12.4. The van der Waals surface area contributed by atoms with Crippen molar-refractivity contribution in [2.24, 2.45) is 30.9 Å². The van der Waals surface area contributed by atoms with Crippen LogP contribution in [0.3, 0.4) is 0 Å². The number of hydrazone groups is 2. The Morgan fingerprint density at radius 3 is 1.30 bits per heavy atom. The summed E-state index contributed by atoms with van der Waals surface area (Å²) in [6, 6.07) is 39.8. The number of hydrogen-bond donors (Lipinski definition) is 1. The van der Waals surface area contributed by atoms with E-state index in [1.807, 2.05) is 84.9 Å². The highest BCUT2D eigenvalue weighted by Gasteiger charge is 2.29. The smallest absolute Gasteiger partial charge is 0.468 e. The van der Waals surface area contributed by atoms with Crippen LogP contribution in [0.1, 0.15) is 0 Å². The molecule has 2 aliphatic rings. The molecule has 1 N–H and O–H groups in total. The molecule has 0 aromatic heterocycles. The number of nitrogens with zero attached hydrogens (tertiary/aromatic N) is 10. The van der Waals surface area contributed by atoms with Crippen LogP contribution in [0.5, 0.6) is 11.5 Å². The van der Waals surface area contributed by atoms with Gasteiger partial charge >= 0.3 is 18.4 Å².